The zero-order valence-electron chi connectivity index (χ0n) is 22.2. The van der Waals surface area contributed by atoms with Gasteiger partial charge >= 0.3 is 6.18 Å². The minimum absolute atomic E-state index is 0.0265. The highest BCUT2D eigenvalue weighted by Gasteiger charge is 2.44. The molecule has 192 valence electrons. The van der Waals surface area contributed by atoms with Crippen molar-refractivity contribution in [2.45, 2.75) is 31.1 Å². The maximum absolute atomic E-state index is 15.3. The van der Waals surface area contributed by atoms with E-state index in [1.54, 1.807) is 0 Å². The van der Waals surface area contributed by atoms with Gasteiger partial charge in [0.05, 0.1) is 38.3 Å². The van der Waals surface area contributed by atoms with Crippen LogP contribution in [0.4, 0.5) is 32.3 Å². The van der Waals surface area contributed by atoms with Crippen LogP contribution in [-0.2, 0) is 6.54 Å². The quantitative estimate of drug-likeness (QED) is 0.404. The van der Waals surface area contributed by atoms with E-state index < -0.39 is 57.1 Å². The SMILES string of the molecule is [2H]COc1nc(NC2CCN(C([2H])([2H])[2H])CC2(F)F)nn2cc(F)c(-c3ccc4nnn(CC(F)(F)F)c4c3)c12. The summed E-state index contributed by atoms with van der Waals surface area (Å²) in [6.07, 6.45) is -3.96. The van der Waals surface area contributed by atoms with E-state index in [2.05, 4.69) is 25.7 Å². The number of anilines is 1. The van der Waals surface area contributed by atoms with E-state index in [0.717, 1.165) is 10.7 Å². The van der Waals surface area contributed by atoms with Gasteiger partial charge in [0.25, 0.3) is 5.92 Å². The summed E-state index contributed by atoms with van der Waals surface area (Å²) < 4.78 is 120. The van der Waals surface area contributed by atoms with Crippen molar-refractivity contribution in [3.8, 4) is 17.0 Å². The van der Waals surface area contributed by atoms with Gasteiger partial charge in [-0.25, -0.2) is 22.4 Å². The summed E-state index contributed by atoms with van der Waals surface area (Å²) in [6.45, 7) is -5.31. The molecule has 36 heavy (non-hydrogen) atoms. The first-order chi connectivity index (χ1) is 18.7. The average molecular weight is 518 g/mol. The number of benzene rings is 1. The Labute approximate surface area is 205 Å². The van der Waals surface area contributed by atoms with Crippen LogP contribution in [0.25, 0.3) is 27.7 Å². The fraction of sp³-hybridized carbons (Fsp3) is 0.429. The van der Waals surface area contributed by atoms with Gasteiger partial charge in [0.1, 0.15) is 17.6 Å². The topological polar surface area (TPSA) is 85.4 Å². The Kier molecular flexibility index (Phi) is 4.62. The van der Waals surface area contributed by atoms with Crippen molar-refractivity contribution in [3.63, 3.8) is 0 Å². The number of aromatic nitrogens is 6. The van der Waals surface area contributed by atoms with E-state index in [4.69, 9.17) is 10.2 Å². The highest BCUT2D eigenvalue weighted by atomic mass is 19.4. The van der Waals surface area contributed by atoms with Gasteiger partial charge in [-0.1, -0.05) is 11.3 Å². The molecular weight excluding hydrogens is 494 g/mol. The van der Waals surface area contributed by atoms with E-state index in [9.17, 15) is 22.0 Å². The summed E-state index contributed by atoms with van der Waals surface area (Å²) in [5.41, 5.74) is -0.0727. The maximum Gasteiger partial charge on any atom is 0.408 e. The first-order valence-corrected chi connectivity index (χ1v) is 10.5. The van der Waals surface area contributed by atoms with Crippen LogP contribution in [0.2, 0.25) is 0 Å². The molecule has 0 radical (unpaired) electrons. The van der Waals surface area contributed by atoms with Gasteiger partial charge in [0.2, 0.25) is 11.8 Å². The van der Waals surface area contributed by atoms with Gasteiger partial charge in [0, 0.05) is 10.7 Å². The van der Waals surface area contributed by atoms with Crippen molar-refractivity contribution in [2.24, 2.45) is 0 Å². The Morgan fingerprint density at radius 3 is 2.86 bits per heavy atom. The van der Waals surface area contributed by atoms with Crippen LogP contribution in [-0.4, -0.2) is 79.8 Å². The summed E-state index contributed by atoms with van der Waals surface area (Å²) in [7, 11) is -0.688. The number of rotatable bonds is 5. The Hall–Kier alpha value is -3.62. The predicted molar refractivity (Wildman–Crippen MR) is 117 cm³/mol. The lowest BCUT2D eigenvalue weighted by molar-refractivity contribution is -0.142. The fourth-order valence-corrected chi connectivity index (χ4v) is 4.14. The summed E-state index contributed by atoms with van der Waals surface area (Å²) in [4.78, 5) is 4.73. The monoisotopic (exact) mass is 518 g/mol. The standard InChI is InChI=1S/C21H20F6N8O/c1-33-6-5-15(20(23,24)9-33)28-19-29-18(36-2)17-16(12(22)8-34(17)31-19)11-3-4-13-14(7-11)35(32-30-13)10-21(25,26)27/h3-4,7-8,15H,5-6,9-10H2,1-2H3,(H,28,31)/i1D3,2D. The number of hydrogen-bond acceptors (Lipinski definition) is 7. The third-order valence-corrected chi connectivity index (χ3v) is 5.72. The van der Waals surface area contributed by atoms with Crippen molar-refractivity contribution < 1.29 is 36.6 Å². The molecule has 0 aliphatic carbocycles. The number of hydrogen-bond donors (Lipinski definition) is 1. The van der Waals surface area contributed by atoms with Crippen LogP contribution in [0.3, 0.4) is 0 Å². The molecule has 9 nitrogen and oxygen atoms in total. The molecule has 0 spiro atoms. The molecule has 5 rings (SSSR count). The molecule has 1 atom stereocenters. The van der Waals surface area contributed by atoms with Gasteiger partial charge < -0.3 is 15.0 Å². The molecule has 1 saturated heterocycles. The lowest BCUT2D eigenvalue weighted by atomic mass is 10.0. The van der Waals surface area contributed by atoms with Crippen LogP contribution in [0.5, 0.6) is 5.88 Å². The van der Waals surface area contributed by atoms with Crippen LogP contribution < -0.4 is 10.1 Å². The second kappa shape index (κ2) is 8.50. The Morgan fingerprint density at radius 1 is 1.31 bits per heavy atom. The molecular formula is C21H20F6N8O. The van der Waals surface area contributed by atoms with Crippen LogP contribution in [0.1, 0.15) is 11.9 Å². The van der Waals surface area contributed by atoms with Gasteiger partial charge in [-0.2, -0.15) is 18.2 Å². The lowest BCUT2D eigenvalue weighted by Crippen LogP contribution is -2.53. The first kappa shape index (κ1) is 19.6. The van der Waals surface area contributed by atoms with Crippen molar-refractivity contribution >= 4 is 22.5 Å². The van der Waals surface area contributed by atoms with Crippen molar-refractivity contribution in [1.82, 2.24) is 34.5 Å². The Balaban J connectivity index is 1.53. The molecule has 1 aliphatic heterocycles. The van der Waals surface area contributed by atoms with Gasteiger partial charge in [-0.05, 0) is 31.1 Å². The second-order valence-electron chi connectivity index (χ2n) is 8.26. The number of alkyl halides is 5. The molecule has 15 heteroatoms. The Bertz CT molecular complexity index is 1560. The lowest BCUT2D eigenvalue weighted by Gasteiger charge is -2.36. The second-order valence-corrected chi connectivity index (χ2v) is 8.26. The van der Waals surface area contributed by atoms with Crippen molar-refractivity contribution in [2.75, 3.05) is 32.5 Å². The number of ether oxygens (including phenoxy) is 1. The minimum Gasteiger partial charge on any atom is -0.479 e. The number of halogens is 6. The van der Waals surface area contributed by atoms with E-state index in [1.807, 2.05) is 0 Å². The molecule has 4 aromatic rings. The maximum atomic E-state index is 15.3. The molecule has 1 unspecified atom stereocenters. The van der Waals surface area contributed by atoms with Crippen LogP contribution >= 0.6 is 0 Å². The van der Waals surface area contributed by atoms with E-state index in [1.165, 1.54) is 18.2 Å². The van der Waals surface area contributed by atoms with E-state index in [0.29, 0.717) is 9.58 Å². The molecule has 1 aliphatic rings. The van der Waals surface area contributed by atoms with Gasteiger partial charge in [-0.3, -0.25) is 0 Å². The molecule has 1 aromatic carbocycles. The van der Waals surface area contributed by atoms with Crippen LogP contribution in [0.15, 0.2) is 24.4 Å². The third kappa shape index (κ3) is 4.38. The Morgan fingerprint density at radius 2 is 2.14 bits per heavy atom. The molecule has 1 fully saturated rings. The number of piperidine rings is 1. The van der Waals surface area contributed by atoms with Gasteiger partial charge in [0.15, 0.2) is 5.82 Å². The highest BCUT2D eigenvalue weighted by Crippen LogP contribution is 2.36. The van der Waals surface area contributed by atoms with Gasteiger partial charge in [-0.15, -0.1) is 10.2 Å². The van der Waals surface area contributed by atoms with E-state index >= 15 is 4.39 Å². The first-order valence-electron chi connectivity index (χ1n) is 12.7. The van der Waals surface area contributed by atoms with Crippen molar-refractivity contribution in [3.05, 3.63) is 30.2 Å². The van der Waals surface area contributed by atoms with Crippen LogP contribution in [0, 0.1) is 5.82 Å². The molecule has 4 heterocycles. The minimum atomic E-state index is -4.59. The zero-order chi connectivity index (χ0) is 29.0. The predicted octanol–water partition coefficient (Wildman–Crippen LogP) is 3.60. The number of methoxy groups -OCH3 is 1. The largest absolute Gasteiger partial charge is 0.479 e. The number of nitrogens with zero attached hydrogens (tertiary/aromatic N) is 7. The van der Waals surface area contributed by atoms with E-state index in [-0.39, 0.29) is 46.5 Å². The number of fused-ring (bicyclic) bond motifs is 2. The van der Waals surface area contributed by atoms with Crippen molar-refractivity contribution in [1.29, 1.82) is 0 Å². The summed E-state index contributed by atoms with van der Waals surface area (Å²) >= 11 is 0. The molecule has 3 aromatic heterocycles. The molecule has 0 amide bonds. The molecule has 0 saturated carbocycles. The number of nitrogens with one attached hydrogen (secondary N) is 1. The third-order valence-electron chi connectivity index (χ3n) is 5.72. The normalized spacial score (nSPS) is 20.7. The highest BCUT2D eigenvalue weighted by molar-refractivity contribution is 5.89. The zero-order valence-corrected chi connectivity index (χ0v) is 18.2. The summed E-state index contributed by atoms with van der Waals surface area (Å²) in [5, 5.41) is 13.7. The average Bonchev–Trinajstić information content (AvgIpc) is 3.38. The molecule has 0 bridgehead atoms. The smallest absolute Gasteiger partial charge is 0.408 e. The number of likely N-dealkylation sites (tertiary alicyclic amines) is 1. The fourth-order valence-electron chi connectivity index (χ4n) is 4.14. The summed E-state index contributed by atoms with van der Waals surface area (Å²) in [6, 6.07) is 2.43. The molecule has 1 N–H and O–H groups in total. The summed E-state index contributed by atoms with van der Waals surface area (Å²) in [5.74, 6) is -5.12.